The van der Waals surface area contributed by atoms with E-state index in [2.05, 4.69) is 0 Å². The maximum Gasteiger partial charge on any atom is 0.466 e. The fourth-order valence-electron chi connectivity index (χ4n) is 1.54. The van der Waals surface area contributed by atoms with E-state index in [-0.39, 0.29) is 0 Å². The minimum absolute atomic E-state index is 4.64. The van der Waals surface area contributed by atoms with Gasteiger partial charge in [-0.25, -0.2) is 4.57 Å². The summed E-state index contributed by atoms with van der Waals surface area (Å²) >= 11 is 0. The molecule has 0 atom stereocenters. The van der Waals surface area contributed by atoms with Crippen molar-refractivity contribution >= 4 is 7.82 Å². The van der Waals surface area contributed by atoms with Crippen molar-refractivity contribution in [1.82, 2.24) is 0 Å². The van der Waals surface area contributed by atoms with Crippen molar-refractivity contribution in [2.75, 3.05) is 0 Å². The van der Waals surface area contributed by atoms with Crippen molar-refractivity contribution in [3.05, 3.63) is 0 Å². The van der Waals surface area contributed by atoms with Crippen LogP contribution in [0.3, 0.4) is 0 Å². The van der Waals surface area contributed by atoms with Gasteiger partial charge in [0.1, 0.15) is 0 Å². The van der Waals surface area contributed by atoms with Gasteiger partial charge in [0.25, 0.3) is 0 Å². The number of alkyl halides is 22. The van der Waals surface area contributed by atoms with Crippen molar-refractivity contribution in [3.63, 3.8) is 0 Å². The molecule has 0 saturated carbocycles. The van der Waals surface area contributed by atoms with Crippen molar-refractivity contribution in [2.24, 2.45) is 0 Å². The maximum absolute atomic E-state index is 13.1. The molecule has 0 unspecified atom stereocenters. The second-order valence-corrected chi connectivity index (χ2v) is 7.13. The van der Waals surface area contributed by atoms with Crippen LogP contribution in [0.5, 0.6) is 0 Å². The van der Waals surface area contributed by atoms with Gasteiger partial charge in [-0.15, -0.1) is 0 Å². The third-order valence-corrected chi connectivity index (χ3v) is 3.47. The Hall–Kier alpha value is -1.43. The van der Waals surface area contributed by atoms with Crippen LogP contribution in [0.1, 0.15) is 0 Å². The van der Waals surface area contributed by atoms with Crippen molar-refractivity contribution in [1.29, 1.82) is 0 Å². The van der Waals surface area contributed by atoms with Gasteiger partial charge < -0.3 is 14.7 Å². The number of hydrogen-bond donors (Lipinski definition) is 3. The zero-order chi connectivity index (χ0) is 31.5. The van der Waals surface area contributed by atoms with Crippen molar-refractivity contribution in [2.45, 2.75) is 59.7 Å². The summed E-state index contributed by atoms with van der Waals surface area (Å²) in [6.45, 7) is 0. The van der Waals surface area contributed by atoms with Crippen LogP contribution < -0.4 is 0 Å². The molecule has 0 spiro atoms. The van der Waals surface area contributed by atoms with Crippen LogP contribution in [0.15, 0.2) is 0 Å². The quantitative estimate of drug-likeness (QED) is 0.228. The molecule has 0 aliphatic rings. The molecular formula is C10H3F22O4P. The van der Waals surface area contributed by atoms with Gasteiger partial charge in [-0.2, -0.15) is 96.6 Å². The van der Waals surface area contributed by atoms with E-state index in [1.54, 1.807) is 0 Å². The lowest BCUT2D eigenvalue weighted by molar-refractivity contribution is -0.478. The van der Waals surface area contributed by atoms with Gasteiger partial charge in [-0.05, 0) is 0 Å². The van der Waals surface area contributed by atoms with Crippen LogP contribution in [0.2, 0.25) is 0 Å². The second kappa shape index (κ2) is 9.34. The molecule has 37 heavy (non-hydrogen) atoms. The monoisotopic (exact) mass is 636 g/mol. The van der Waals surface area contributed by atoms with Crippen LogP contribution in [0.25, 0.3) is 0 Å². The van der Waals surface area contributed by atoms with Crippen LogP contribution in [-0.4, -0.2) is 74.4 Å². The molecule has 27 heteroatoms. The normalized spacial score (nSPS) is 16.4. The number of hydrogen-bond acceptors (Lipinski definition) is 1. The molecular weight excluding hydrogens is 633 g/mol. The van der Waals surface area contributed by atoms with Crippen LogP contribution in [-0.2, 0) is 4.57 Å². The summed E-state index contributed by atoms with van der Waals surface area (Å²) in [5, 5.41) is 0. The summed E-state index contributed by atoms with van der Waals surface area (Å²) < 4.78 is 285. The standard InChI is InChI=1S/C10F22.H3O4P/c11-1(12,3(15,16)5(19,20)7(23,24)9(27,28)29)2(13,14)4(17,18)6(21,22)8(25,26)10(30,31)32;1-5(2,3)4/h;(H3,1,2,3,4). The molecule has 0 fully saturated rings. The van der Waals surface area contributed by atoms with E-state index >= 15 is 0 Å². The Morgan fingerprint density at radius 2 is 0.378 bits per heavy atom. The summed E-state index contributed by atoms with van der Waals surface area (Å²) in [5.41, 5.74) is 0. The van der Waals surface area contributed by atoms with Gasteiger partial charge in [-0.1, -0.05) is 0 Å². The summed E-state index contributed by atoms with van der Waals surface area (Å²) in [5.74, 6) is -71.5. The molecule has 0 aromatic rings. The lowest BCUT2D eigenvalue weighted by Gasteiger charge is -2.43. The van der Waals surface area contributed by atoms with Gasteiger partial charge in [0.2, 0.25) is 0 Å². The third kappa shape index (κ3) is 5.79. The van der Waals surface area contributed by atoms with E-state index < -0.39 is 67.6 Å². The first-order valence-corrected chi connectivity index (χ1v) is 8.76. The van der Waals surface area contributed by atoms with E-state index in [4.69, 9.17) is 19.2 Å². The largest absolute Gasteiger partial charge is 0.466 e. The first-order valence-electron chi connectivity index (χ1n) is 7.19. The number of rotatable bonds is 7. The zero-order valence-corrected chi connectivity index (χ0v) is 16.4. The van der Waals surface area contributed by atoms with Crippen LogP contribution in [0, 0.1) is 0 Å². The van der Waals surface area contributed by atoms with Crippen molar-refractivity contribution in [3.8, 4) is 0 Å². The smallest absolute Gasteiger partial charge is 0.303 e. The lowest BCUT2D eigenvalue weighted by Crippen LogP contribution is -2.76. The minimum atomic E-state index is -9.24. The topological polar surface area (TPSA) is 77.8 Å². The summed E-state index contributed by atoms with van der Waals surface area (Å²) in [4.78, 5) is 21.6. The van der Waals surface area contributed by atoms with Gasteiger partial charge in [0.15, 0.2) is 0 Å². The van der Waals surface area contributed by atoms with Gasteiger partial charge in [0.05, 0.1) is 0 Å². The lowest BCUT2D eigenvalue weighted by atomic mass is 9.87. The molecule has 0 amide bonds. The van der Waals surface area contributed by atoms with E-state index in [0.717, 1.165) is 0 Å². The highest BCUT2D eigenvalue weighted by molar-refractivity contribution is 7.45. The summed E-state index contributed by atoms with van der Waals surface area (Å²) in [6.07, 6.45) is -16.1. The molecule has 0 rings (SSSR count). The first kappa shape index (κ1) is 37.7. The average molecular weight is 636 g/mol. The van der Waals surface area contributed by atoms with Gasteiger partial charge >= 0.3 is 67.6 Å². The van der Waals surface area contributed by atoms with Crippen LogP contribution >= 0.6 is 7.82 Å². The van der Waals surface area contributed by atoms with E-state index in [1.807, 2.05) is 0 Å². The second-order valence-electron chi connectivity index (χ2n) is 6.10. The Bertz CT molecular complexity index is 780. The Labute approximate surface area is 185 Å². The molecule has 0 bridgehead atoms. The molecule has 0 heterocycles. The molecule has 0 saturated heterocycles. The Balaban J connectivity index is 0. The fourth-order valence-corrected chi connectivity index (χ4v) is 1.54. The van der Waals surface area contributed by atoms with E-state index in [1.165, 1.54) is 0 Å². The van der Waals surface area contributed by atoms with Crippen LogP contribution in [0.4, 0.5) is 96.6 Å². The fraction of sp³-hybridized carbons (Fsp3) is 1.00. The first-order chi connectivity index (χ1) is 15.2. The molecule has 0 radical (unpaired) electrons. The molecule has 0 aliphatic carbocycles. The third-order valence-electron chi connectivity index (χ3n) is 3.47. The van der Waals surface area contributed by atoms with Gasteiger partial charge in [0, 0.05) is 0 Å². The Morgan fingerprint density at radius 3 is 0.459 bits per heavy atom. The Kier molecular flexibility index (Phi) is 9.53. The van der Waals surface area contributed by atoms with E-state index in [9.17, 15) is 96.6 Å². The molecule has 0 aliphatic heterocycles. The predicted molar refractivity (Wildman–Crippen MR) is 65.9 cm³/mol. The highest BCUT2D eigenvalue weighted by Crippen LogP contribution is 2.66. The molecule has 0 aromatic carbocycles. The van der Waals surface area contributed by atoms with Crippen molar-refractivity contribution < 1.29 is 116 Å². The SMILES string of the molecule is FC(F)(F)C(F)(F)C(F)(F)C(F)(F)C(F)(F)C(F)(F)C(F)(F)C(F)(F)C(F)(F)C(F)(F)F.O=P(O)(O)O. The maximum atomic E-state index is 13.1. The highest BCUT2D eigenvalue weighted by atomic mass is 31.2. The van der Waals surface area contributed by atoms with E-state index in [0.29, 0.717) is 0 Å². The molecule has 226 valence electrons. The zero-order valence-electron chi connectivity index (χ0n) is 15.5. The highest BCUT2D eigenvalue weighted by Gasteiger charge is 2.98. The molecule has 4 nitrogen and oxygen atoms in total. The Morgan fingerprint density at radius 1 is 0.297 bits per heavy atom. The minimum Gasteiger partial charge on any atom is -0.303 e. The summed E-state index contributed by atoms with van der Waals surface area (Å²) in [7, 11) is -4.64. The summed E-state index contributed by atoms with van der Waals surface area (Å²) in [6, 6.07) is 0. The molecule has 3 N–H and O–H groups in total. The predicted octanol–water partition coefficient (Wildman–Crippen LogP) is 6.26. The average Bonchev–Trinajstić information content (AvgIpc) is 2.56. The van der Waals surface area contributed by atoms with Gasteiger partial charge in [-0.3, -0.25) is 0 Å². The number of halogens is 22. The number of phosphoric acid groups is 1. The molecule has 0 aromatic heterocycles.